The minimum absolute atomic E-state index is 0.104. The lowest BCUT2D eigenvalue weighted by Crippen LogP contribution is -2.65. The predicted octanol–water partition coefficient (Wildman–Crippen LogP) is 5.25. The minimum atomic E-state index is -4.51. The fourth-order valence-electron chi connectivity index (χ4n) is 3.76. The van der Waals surface area contributed by atoms with Gasteiger partial charge in [0.2, 0.25) is 0 Å². The van der Waals surface area contributed by atoms with Gasteiger partial charge >= 0.3 is 12.2 Å². The topological polar surface area (TPSA) is 50.8 Å². The molecule has 0 saturated carbocycles. The molecule has 2 heterocycles. The van der Waals surface area contributed by atoms with Gasteiger partial charge in [0.1, 0.15) is 0 Å². The average Bonchev–Trinajstić information content (AvgIpc) is 2.61. The van der Waals surface area contributed by atoms with Gasteiger partial charge in [-0.2, -0.15) is 13.2 Å². The summed E-state index contributed by atoms with van der Waals surface area (Å²) in [6.45, 7) is 1.68. The number of amides is 2. The lowest BCUT2D eigenvalue weighted by atomic mass is 9.89. The Labute approximate surface area is 167 Å². The monoisotopic (exact) mass is 456 g/mol. The van der Waals surface area contributed by atoms with Gasteiger partial charge < -0.3 is 14.8 Å². The second-order valence-electron chi connectivity index (χ2n) is 6.89. The molecule has 28 heavy (non-hydrogen) atoms. The van der Waals surface area contributed by atoms with Crippen LogP contribution in [0.15, 0.2) is 40.9 Å². The number of halogens is 4. The lowest BCUT2D eigenvalue weighted by Gasteiger charge is -2.50. The van der Waals surface area contributed by atoms with Crippen molar-refractivity contribution in [3.05, 3.63) is 52.0 Å². The largest absolute Gasteiger partial charge is 0.493 e. The zero-order valence-corrected chi connectivity index (χ0v) is 16.5. The smallest absolute Gasteiger partial charge is 0.416 e. The molecule has 0 spiro atoms. The quantitative estimate of drug-likeness (QED) is 0.671. The van der Waals surface area contributed by atoms with Crippen molar-refractivity contribution in [2.45, 2.75) is 31.3 Å². The Balaban J connectivity index is 1.81. The van der Waals surface area contributed by atoms with Gasteiger partial charge in [0.25, 0.3) is 0 Å². The second kappa shape index (κ2) is 6.30. The second-order valence-corrected chi connectivity index (χ2v) is 7.81. The van der Waals surface area contributed by atoms with Crippen LogP contribution in [-0.2, 0) is 6.18 Å². The molecule has 2 atom stereocenters. The van der Waals surface area contributed by atoms with E-state index in [4.69, 9.17) is 9.47 Å². The first-order chi connectivity index (χ1) is 13.1. The molecule has 2 amide bonds. The highest BCUT2D eigenvalue weighted by Crippen LogP contribution is 2.50. The van der Waals surface area contributed by atoms with E-state index in [0.717, 1.165) is 22.2 Å². The van der Waals surface area contributed by atoms with Crippen molar-refractivity contribution in [2.24, 2.45) is 0 Å². The molecule has 0 aromatic heterocycles. The molecule has 1 fully saturated rings. The summed E-state index contributed by atoms with van der Waals surface area (Å²) in [7, 11) is 1.50. The molecule has 1 N–H and O–H groups in total. The highest BCUT2D eigenvalue weighted by molar-refractivity contribution is 9.10. The maximum atomic E-state index is 13.1. The summed E-state index contributed by atoms with van der Waals surface area (Å²) in [5, 5.41) is 2.86. The van der Waals surface area contributed by atoms with Crippen LogP contribution in [0.1, 0.15) is 30.5 Å². The molecule has 148 valence electrons. The number of hydrogen-bond acceptors (Lipinski definition) is 3. The van der Waals surface area contributed by atoms with Crippen molar-refractivity contribution >= 4 is 27.6 Å². The highest BCUT2D eigenvalue weighted by Gasteiger charge is 2.51. The summed E-state index contributed by atoms with van der Waals surface area (Å²) in [5.41, 5.74) is -1.15. The molecule has 0 radical (unpaired) electrons. The standard InChI is InChI=1S/C19H16BrF3N2O3/c1-18-9-14(13-7-11(20)8-15(27-2)16(13)28-18)24-17(26)25(18)12-5-3-4-10(6-12)19(21,22)23/h3-8,14H,9H2,1-2H3,(H,24,26). The molecule has 2 aliphatic heterocycles. The fraction of sp³-hybridized carbons (Fsp3) is 0.316. The number of hydrogen-bond donors (Lipinski definition) is 1. The lowest BCUT2D eigenvalue weighted by molar-refractivity contribution is -0.137. The van der Waals surface area contributed by atoms with Crippen molar-refractivity contribution in [2.75, 3.05) is 12.0 Å². The molecule has 0 aliphatic carbocycles. The summed E-state index contributed by atoms with van der Waals surface area (Å²) in [6.07, 6.45) is -4.15. The number of carbonyl (C=O) groups excluding carboxylic acids is 1. The summed E-state index contributed by atoms with van der Waals surface area (Å²) in [5.74, 6) is 0.932. The van der Waals surface area contributed by atoms with Crippen LogP contribution in [0.3, 0.4) is 0 Å². The molecular weight excluding hydrogens is 441 g/mol. The van der Waals surface area contributed by atoms with Crippen LogP contribution in [0.25, 0.3) is 0 Å². The number of carbonyl (C=O) groups is 1. The minimum Gasteiger partial charge on any atom is -0.493 e. The van der Waals surface area contributed by atoms with E-state index in [2.05, 4.69) is 21.2 Å². The van der Waals surface area contributed by atoms with Gasteiger partial charge in [-0.05, 0) is 37.3 Å². The van der Waals surface area contributed by atoms with E-state index >= 15 is 0 Å². The van der Waals surface area contributed by atoms with Crippen LogP contribution in [0, 0.1) is 0 Å². The van der Waals surface area contributed by atoms with Gasteiger partial charge in [-0.1, -0.05) is 22.0 Å². The molecule has 2 aromatic rings. The van der Waals surface area contributed by atoms with Crippen LogP contribution in [0.2, 0.25) is 0 Å². The number of benzene rings is 2. The van der Waals surface area contributed by atoms with Crippen molar-refractivity contribution < 1.29 is 27.4 Å². The van der Waals surface area contributed by atoms with Gasteiger partial charge in [0, 0.05) is 16.5 Å². The number of nitrogens with zero attached hydrogens (tertiary/aromatic N) is 1. The number of fused-ring (bicyclic) bond motifs is 4. The van der Waals surface area contributed by atoms with Gasteiger partial charge in [0.05, 0.1) is 24.4 Å². The van der Waals surface area contributed by atoms with Crippen molar-refractivity contribution in [3.63, 3.8) is 0 Å². The fourth-order valence-corrected chi connectivity index (χ4v) is 4.22. The van der Waals surface area contributed by atoms with E-state index < -0.39 is 23.5 Å². The third-order valence-electron chi connectivity index (χ3n) is 4.95. The third kappa shape index (κ3) is 2.97. The molecular formula is C19H16BrF3N2O3. The Hall–Kier alpha value is -2.42. The number of nitrogens with one attached hydrogen (secondary N) is 1. The Morgan fingerprint density at radius 2 is 2.07 bits per heavy atom. The molecule has 9 heteroatoms. The summed E-state index contributed by atoms with van der Waals surface area (Å²) in [4.78, 5) is 14.1. The van der Waals surface area contributed by atoms with E-state index in [0.29, 0.717) is 17.9 Å². The van der Waals surface area contributed by atoms with E-state index in [9.17, 15) is 18.0 Å². The summed E-state index contributed by atoms with van der Waals surface area (Å²) in [6, 6.07) is 7.34. The number of ether oxygens (including phenoxy) is 2. The number of methoxy groups -OCH3 is 1. The van der Waals surface area contributed by atoms with Gasteiger partial charge in [-0.25, -0.2) is 4.79 Å². The number of anilines is 1. The van der Waals surface area contributed by atoms with Gasteiger partial charge in [-0.15, -0.1) is 0 Å². The molecule has 4 rings (SSSR count). The van der Waals surface area contributed by atoms with Crippen LogP contribution in [0.4, 0.5) is 23.7 Å². The number of urea groups is 1. The van der Waals surface area contributed by atoms with Crippen LogP contribution >= 0.6 is 15.9 Å². The molecule has 2 aliphatic rings. The molecule has 5 nitrogen and oxygen atoms in total. The molecule has 2 bridgehead atoms. The zero-order chi connectivity index (χ0) is 20.3. The first-order valence-corrected chi connectivity index (χ1v) is 9.26. The van der Waals surface area contributed by atoms with Crippen LogP contribution in [0.5, 0.6) is 11.5 Å². The van der Waals surface area contributed by atoms with Crippen LogP contribution in [-0.4, -0.2) is 18.9 Å². The van der Waals surface area contributed by atoms with Crippen molar-refractivity contribution in [1.82, 2.24) is 5.32 Å². The normalized spacial score (nSPS) is 23.6. The highest BCUT2D eigenvalue weighted by atomic mass is 79.9. The molecule has 2 aromatic carbocycles. The Bertz CT molecular complexity index is 966. The van der Waals surface area contributed by atoms with Crippen molar-refractivity contribution in [3.8, 4) is 11.5 Å². The van der Waals surface area contributed by atoms with E-state index in [-0.39, 0.29) is 11.7 Å². The first-order valence-electron chi connectivity index (χ1n) is 8.47. The Morgan fingerprint density at radius 1 is 1.32 bits per heavy atom. The van der Waals surface area contributed by atoms with E-state index in [1.54, 1.807) is 13.0 Å². The molecule has 2 unspecified atom stereocenters. The first kappa shape index (κ1) is 18.9. The SMILES string of the molecule is COc1cc(Br)cc2c1OC1(C)CC2NC(=O)N1c1cccc(C(F)(F)F)c1. The summed E-state index contributed by atoms with van der Waals surface area (Å²) < 4.78 is 51.8. The predicted molar refractivity (Wildman–Crippen MR) is 99.5 cm³/mol. The van der Waals surface area contributed by atoms with Crippen LogP contribution < -0.4 is 19.7 Å². The number of rotatable bonds is 2. The molecule has 1 saturated heterocycles. The van der Waals surface area contributed by atoms with E-state index in [1.165, 1.54) is 24.1 Å². The maximum Gasteiger partial charge on any atom is 0.416 e. The third-order valence-corrected chi connectivity index (χ3v) is 5.41. The maximum absolute atomic E-state index is 13.1. The average molecular weight is 457 g/mol. The Kier molecular flexibility index (Phi) is 4.26. The van der Waals surface area contributed by atoms with Gasteiger partial charge in [0.15, 0.2) is 17.2 Å². The zero-order valence-electron chi connectivity index (χ0n) is 14.9. The van der Waals surface area contributed by atoms with Crippen molar-refractivity contribution in [1.29, 1.82) is 0 Å². The van der Waals surface area contributed by atoms with Gasteiger partial charge in [-0.3, -0.25) is 4.90 Å². The summed E-state index contributed by atoms with van der Waals surface area (Å²) >= 11 is 3.41. The van der Waals surface area contributed by atoms with E-state index in [1.807, 2.05) is 6.07 Å². The number of alkyl halides is 3. The Morgan fingerprint density at radius 3 is 2.75 bits per heavy atom.